The maximum Gasteiger partial charge on any atom is 0.331 e. The molecule has 0 radical (unpaired) electrons. The van der Waals surface area contributed by atoms with Gasteiger partial charge in [0.25, 0.3) is 5.91 Å². The molecule has 2 rings (SSSR count). The summed E-state index contributed by atoms with van der Waals surface area (Å²) in [6.45, 7) is 3.91. The number of amides is 1. The number of carbonyl (C=O) groups is 2. The first-order valence-corrected chi connectivity index (χ1v) is 8.54. The van der Waals surface area contributed by atoms with E-state index in [2.05, 4.69) is 5.32 Å². The molecule has 136 valence electrons. The van der Waals surface area contributed by atoms with Gasteiger partial charge in [0.2, 0.25) is 0 Å². The fraction of sp³-hybridized carbons (Fsp3) is 0.200. The van der Waals surface area contributed by atoms with E-state index in [1.807, 2.05) is 31.2 Å². The second-order valence-corrected chi connectivity index (χ2v) is 5.82. The molecule has 0 aliphatic carbocycles. The highest BCUT2D eigenvalue weighted by atomic mass is 35.5. The quantitative estimate of drug-likeness (QED) is 0.579. The van der Waals surface area contributed by atoms with Crippen LogP contribution in [0.2, 0.25) is 5.02 Å². The summed E-state index contributed by atoms with van der Waals surface area (Å²) in [5, 5.41) is 3.15. The van der Waals surface area contributed by atoms with E-state index in [1.165, 1.54) is 13.0 Å². The topological polar surface area (TPSA) is 64.6 Å². The van der Waals surface area contributed by atoms with Crippen molar-refractivity contribution >= 4 is 35.2 Å². The Morgan fingerprint density at radius 3 is 2.69 bits per heavy atom. The Kier molecular flexibility index (Phi) is 7.24. The van der Waals surface area contributed by atoms with E-state index in [9.17, 15) is 9.59 Å². The molecule has 6 heteroatoms. The van der Waals surface area contributed by atoms with Crippen molar-refractivity contribution in [1.29, 1.82) is 0 Å². The summed E-state index contributed by atoms with van der Waals surface area (Å²) in [5.74, 6) is -0.389. The molecule has 0 heterocycles. The highest BCUT2D eigenvalue weighted by Crippen LogP contribution is 2.19. The van der Waals surface area contributed by atoms with Crippen LogP contribution >= 0.6 is 11.6 Å². The lowest BCUT2D eigenvalue weighted by Gasteiger charge is -2.12. The Balaban J connectivity index is 1.93. The maximum absolute atomic E-state index is 12.1. The van der Waals surface area contributed by atoms with Crippen molar-refractivity contribution < 1.29 is 19.1 Å². The van der Waals surface area contributed by atoms with Crippen LogP contribution in [-0.4, -0.2) is 24.6 Å². The largest absolute Gasteiger partial charge is 0.493 e. The van der Waals surface area contributed by atoms with E-state index in [0.717, 1.165) is 5.56 Å². The molecule has 0 aliphatic rings. The van der Waals surface area contributed by atoms with Crippen molar-refractivity contribution in [3.8, 4) is 5.75 Å². The number of halogens is 1. The third-order valence-corrected chi connectivity index (χ3v) is 3.61. The summed E-state index contributed by atoms with van der Waals surface area (Å²) in [6.07, 6.45) is 1.91. The minimum atomic E-state index is -0.951. The number of rotatable bonds is 7. The first-order valence-electron chi connectivity index (χ1n) is 8.16. The molecule has 1 atom stereocenters. The second-order valence-electron chi connectivity index (χ2n) is 5.38. The summed E-state index contributed by atoms with van der Waals surface area (Å²) < 4.78 is 10.6. The lowest BCUT2D eigenvalue weighted by Crippen LogP contribution is -2.29. The number of benzene rings is 2. The predicted molar refractivity (Wildman–Crippen MR) is 102 cm³/mol. The molecular weight excluding hydrogens is 354 g/mol. The minimum absolute atomic E-state index is 0.441. The molecule has 26 heavy (non-hydrogen) atoms. The van der Waals surface area contributed by atoms with Gasteiger partial charge in [0, 0.05) is 22.3 Å². The summed E-state index contributed by atoms with van der Waals surface area (Å²) in [4.78, 5) is 24.1. The van der Waals surface area contributed by atoms with Gasteiger partial charge in [-0.1, -0.05) is 35.9 Å². The number of ether oxygens (including phenoxy) is 2. The van der Waals surface area contributed by atoms with Gasteiger partial charge in [0.05, 0.1) is 6.61 Å². The Hall–Kier alpha value is -2.79. The monoisotopic (exact) mass is 373 g/mol. The third kappa shape index (κ3) is 5.93. The molecule has 0 spiro atoms. The van der Waals surface area contributed by atoms with Crippen LogP contribution in [0.25, 0.3) is 6.08 Å². The Labute approximate surface area is 157 Å². The van der Waals surface area contributed by atoms with Gasteiger partial charge < -0.3 is 14.8 Å². The number of hydrogen-bond donors (Lipinski definition) is 1. The zero-order valence-corrected chi connectivity index (χ0v) is 15.3. The molecule has 0 aliphatic heterocycles. The van der Waals surface area contributed by atoms with Gasteiger partial charge in [0.15, 0.2) is 6.10 Å². The van der Waals surface area contributed by atoms with E-state index < -0.39 is 18.0 Å². The molecule has 0 saturated heterocycles. The lowest BCUT2D eigenvalue weighted by atomic mass is 10.2. The Bertz CT molecular complexity index is 804. The molecule has 1 amide bonds. The molecular formula is C20H20ClNO4. The minimum Gasteiger partial charge on any atom is -0.493 e. The average molecular weight is 374 g/mol. The summed E-state index contributed by atoms with van der Waals surface area (Å²) in [6, 6.07) is 14.1. The molecule has 0 bridgehead atoms. The summed E-state index contributed by atoms with van der Waals surface area (Å²) in [7, 11) is 0. The van der Waals surface area contributed by atoms with Gasteiger partial charge in [0.1, 0.15) is 5.75 Å². The molecule has 1 N–H and O–H groups in total. The molecule has 2 aromatic carbocycles. The smallest absolute Gasteiger partial charge is 0.331 e. The van der Waals surface area contributed by atoms with Crippen LogP contribution < -0.4 is 10.1 Å². The van der Waals surface area contributed by atoms with Gasteiger partial charge in [-0.15, -0.1) is 0 Å². The molecule has 2 aromatic rings. The Morgan fingerprint density at radius 1 is 1.19 bits per heavy atom. The van der Waals surface area contributed by atoms with Crippen LogP contribution in [-0.2, 0) is 14.3 Å². The van der Waals surface area contributed by atoms with Crippen molar-refractivity contribution in [1.82, 2.24) is 0 Å². The fourth-order valence-electron chi connectivity index (χ4n) is 2.14. The first kappa shape index (κ1) is 19.5. The van der Waals surface area contributed by atoms with Gasteiger partial charge in [-0.2, -0.15) is 0 Å². The highest BCUT2D eigenvalue weighted by molar-refractivity contribution is 6.30. The van der Waals surface area contributed by atoms with E-state index >= 15 is 0 Å². The van der Waals surface area contributed by atoms with Crippen molar-refractivity contribution in [2.45, 2.75) is 20.0 Å². The predicted octanol–water partition coefficient (Wildman–Crippen LogP) is 4.32. The number of anilines is 1. The number of para-hydroxylation sites is 1. The van der Waals surface area contributed by atoms with Crippen LogP contribution in [0, 0.1) is 0 Å². The van der Waals surface area contributed by atoms with E-state index in [-0.39, 0.29) is 0 Å². The molecule has 0 unspecified atom stereocenters. The highest BCUT2D eigenvalue weighted by Gasteiger charge is 2.16. The maximum atomic E-state index is 12.1. The SMILES string of the molecule is CCOc1ccccc1/C=C/C(=O)O[C@H](C)C(=O)Nc1cccc(Cl)c1. The number of nitrogens with one attached hydrogen (secondary N) is 1. The lowest BCUT2D eigenvalue weighted by molar-refractivity contribution is -0.148. The normalized spacial score (nSPS) is 11.8. The number of hydrogen-bond acceptors (Lipinski definition) is 4. The van der Waals surface area contributed by atoms with Gasteiger partial charge in [-0.3, -0.25) is 4.79 Å². The van der Waals surface area contributed by atoms with E-state index in [1.54, 1.807) is 30.3 Å². The molecule has 0 fully saturated rings. The van der Waals surface area contributed by atoms with E-state index in [4.69, 9.17) is 21.1 Å². The van der Waals surface area contributed by atoms with Crippen LogP contribution in [0.5, 0.6) is 5.75 Å². The Morgan fingerprint density at radius 2 is 1.96 bits per heavy atom. The van der Waals surface area contributed by atoms with Crippen molar-refractivity contribution in [3.05, 3.63) is 65.2 Å². The van der Waals surface area contributed by atoms with Crippen LogP contribution in [0.3, 0.4) is 0 Å². The average Bonchev–Trinajstić information content (AvgIpc) is 2.61. The van der Waals surface area contributed by atoms with Crippen molar-refractivity contribution in [3.63, 3.8) is 0 Å². The standard InChI is InChI=1S/C20H20ClNO4/c1-3-25-18-10-5-4-7-15(18)11-12-19(23)26-14(2)20(24)22-17-9-6-8-16(21)13-17/h4-14H,3H2,1-2H3,(H,22,24)/b12-11+/t14-/m1/s1. The zero-order chi connectivity index (χ0) is 18.9. The number of carbonyl (C=O) groups excluding carboxylic acids is 2. The zero-order valence-electron chi connectivity index (χ0n) is 14.6. The van der Waals surface area contributed by atoms with Crippen molar-refractivity contribution in [2.75, 3.05) is 11.9 Å². The van der Waals surface area contributed by atoms with Crippen LogP contribution in [0.15, 0.2) is 54.6 Å². The van der Waals surface area contributed by atoms with Crippen LogP contribution in [0.4, 0.5) is 5.69 Å². The van der Waals surface area contributed by atoms with Crippen LogP contribution in [0.1, 0.15) is 19.4 Å². The summed E-state index contributed by atoms with van der Waals surface area (Å²) >= 11 is 5.87. The van der Waals surface area contributed by atoms with E-state index in [0.29, 0.717) is 23.1 Å². The molecule has 0 aromatic heterocycles. The van der Waals surface area contributed by atoms with Crippen molar-refractivity contribution in [2.24, 2.45) is 0 Å². The fourth-order valence-corrected chi connectivity index (χ4v) is 2.33. The van der Waals surface area contributed by atoms with Gasteiger partial charge >= 0.3 is 5.97 Å². The third-order valence-electron chi connectivity index (χ3n) is 3.37. The molecule has 0 saturated carbocycles. The summed E-state index contributed by atoms with van der Waals surface area (Å²) in [5.41, 5.74) is 1.29. The first-order chi connectivity index (χ1) is 12.5. The van der Waals surface area contributed by atoms with Gasteiger partial charge in [-0.05, 0) is 44.2 Å². The van der Waals surface area contributed by atoms with Gasteiger partial charge in [-0.25, -0.2) is 4.79 Å². The molecule has 5 nitrogen and oxygen atoms in total. The second kappa shape index (κ2) is 9.63. The number of esters is 1.